The standard InChI is InChI=1S/C19H21N3O3/c1-13-5-3-6-15(11-13)12-21-9-10-22(14(2)18(21)24)19(25)17-16(23)7-4-8-20-17/h3-8,11,14,23H,9-10,12H2,1-2H3. The molecule has 1 N–H and O–H groups in total. The number of nitrogens with zero attached hydrogens (tertiary/aromatic N) is 3. The molecule has 130 valence electrons. The number of carbonyl (C=O) groups is 2. The van der Waals surface area contributed by atoms with Crippen molar-refractivity contribution in [1.29, 1.82) is 0 Å². The quantitative estimate of drug-likeness (QED) is 0.928. The molecule has 1 aromatic heterocycles. The molecule has 0 saturated carbocycles. The lowest BCUT2D eigenvalue weighted by atomic mass is 10.1. The van der Waals surface area contributed by atoms with E-state index in [2.05, 4.69) is 11.1 Å². The average Bonchev–Trinajstić information content (AvgIpc) is 2.59. The predicted octanol–water partition coefficient (Wildman–Crippen LogP) is 1.97. The van der Waals surface area contributed by atoms with Gasteiger partial charge in [-0.15, -0.1) is 0 Å². The van der Waals surface area contributed by atoms with Gasteiger partial charge in [-0.2, -0.15) is 0 Å². The second-order valence-corrected chi connectivity index (χ2v) is 6.29. The van der Waals surface area contributed by atoms with E-state index in [1.54, 1.807) is 17.9 Å². The number of aromatic nitrogens is 1. The summed E-state index contributed by atoms with van der Waals surface area (Å²) in [4.78, 5) is 32.5. The van der Waals surface area contributed by atoms with Crippen molar-refractivity contribution in [2.24, 2.45) is 0 Å². The number of aryl methyl sites for hydroxylation is 1. The highest BCUT2D eigenvalue weighted by Gasteiger charge is 2.35. The highest BCUT2D eigenvalue weighted by Crippen LogP contribution is 2.20. The zero-order valence-electron chi connectivity index (χ0n) is 14.3. The Morgan fingerprint density at radius 1 is 1.28 bits per heavy atom. The second kappa shape index (κ2) is 6.93. The van der Waals surface area contributed by atoms with Crippen LogP contribution in [0.2, 0.25) is 0 Å². The third-order valence-corrected chi connectivity index (χ3v) is 4.45. The number of piperazine rings is 1. The SMILES string of the molecule is Cc1cccc(CN2CCN(C(=O)c3ncccc3O)C(C)C2=O)c1. The summed E-state index contributed by atoms with van der Waals surface area (Å²) < 4.78 is 0. The number of pyridine rings is 1. The van der Waals surface area contributed by atoms with Gasteiger partial charge in [-0.3, -0.25) is 9.59 Å². The topological polar surface area (TPSA) is 73.7 Å². The van der Waals surface area contributed by atoms with Crippen LogP contribution in [0.3, 0.4) is 0 Å². The molecule has 0 bridgehead atoms. The Morgan fingerprint density at radius 2 is 2.08 bits per heavy atom. The summed E-state index contributed by atoms with van der Waals surface area (Å²) in [5.74, 6) is -0.694. The number of carbonyl (C=O) groups excluding carboxylic acids is 2. The Bertz CT molecular complexity index is 806. The maximum Gasteiger partial charge on any atom is 0.277 e. The number of rotatable bonds is 3. The van der Waals surface area contributed by atoms with Crippen molar-refractivity contribution in [1.82, 2.24) is 14.8 Å². The van der Waals surface area contributed by atoms with Gasteiger partial charge in [0, 0.05) is 25.8 Å². The summed E-state index contributed by atoms with van der Waals surface area (Å²) in [7, 11) is 0. The first-order valence-electron chi connectivity index (χ1n) is 8.26. The van der Waals surface area contributed by atoms with Gasteiger partial charge >= 0.3 is 0 Å². The van der Waals surface area contributed by atoms with Crippen molar-refractivity contribution in [3.63, 3.8) is 0 Å². The molecule has 1 aromatic carbocycles. The van der Waals surface area contributed by atoms with Crippen LogP contribution < -0.4 is 0 Å². The fourth-order valence-corrected chi connectivity index (χ4v) is 3.09. The third kappa shape index (κ3) is 3.47. The van der Waals surface area contributed by atoms with E-state index < -0.39 is 11.9 Å². The van der Waals surface area contributed by atoms with Crippen LogP contribution in [0.15, 0.2) is 42.6 Å². The molecule has 2 heterocycles. The second-order valence-electron chi connectivity index (χ2n) is 6.29. The summed E-state index contributed by atoms with van der Waals surface area (Å²) in [6, 6.07) is 10.4. The Morgan fingerprint density at radius 3 is 2.80 bits per heavy atom. The van der Waals surface area contributed by atoms with E-state index in [1.165, 1.54) is 17.2 Å². The van der Waals surface area contributed by atoms with E-state index in [9.17, 15) is 14.7 Å². The number of amides is 2. The van der Waals surface area contributed by atoms with E-state index in [1.807, 2.05) is 25.1 Å². The van der Waals surface area contributed by atoms with Crippen molar-refractivity contribution in [3.8, 4) is 5.75 Å². The van der Waals surface area contributed by atoms with E-state index in [0.29, 0.717) is 19.6 Å². The molecule has 2 amide bonds. The van der Waals surface area contributed by atoms with Gasteiger partial charge in [0.2, 0.25) is 5.91 Å². The summed E-state index contributed by atoms with van der Waals surface area (Å²) in [6.07, 6.45) is 1.45. The lowest BCUT2D eigenvalue weighted by Crippen LogP contribution is -2.57. The summed E-state index contributed by atoms with van der Waals surface area (Å²) in [6.45, 7) is 5.12. The van der Waals surface area contributed by atoms with Crippen LogP contribution in [0.1, 0.15) is 28.5 Å². The molecule has 1 unspecified atom stereocenters. The number of hydrogen-bond acceptors (Lipinski definition) is 4. The minimum atomic E-state index is -0.590. The normalized spacial score (nSPS) is 17.7. The van der Waals surface area contributed by atoms with E-state index in [0.717, 1.165) is 11.1 Å². The summed E-state index contributed by atoms with van der Waals surface area (Å²) >= 11 is 0. The molecule has 1 saturated heterocycles. The maximum atomic E-state index is 12.7. The highest BCUT2D eigenvalue weighted by molar-refractivity contribution is 5.98. The largest absolute Gasteiger partial charge is 0.505 e. The van der Waals surface area contributed by atoms with E-state index in [-0.39, 0.29) is 17.4 Å². The predicted molar refractivity (Wildman–Crippen MR) is 93.0 cm³/mol. The van der Waals surface area contributed by atoms with Crippen molar-refractivity contribution < 1.29 is 14.7 Å². The van der Waals surface area contributed by atoms with Crippen molar-refractivity contribution in [3.05, 3.63) is 59.4 Å². The lowest BCUT2D eigenvalue weighted by molar-refractivity contribution is -0.140. The third-order valence-electron chi connectivity index (χ3n) is 4.45. The van der Waals surface area contributed by atoms with Gasteiger partial charge in [-0.1, -0.05) is 29.8 Å². The molecule has 0 aliphatic carbocycles. The minimum absolute atomic E-state index is 0.0192. The van der Waals surface area contributed by atoms with Gasteiger partial charge in [0.15, 0.2) is 5.69 Å². The first-order valence-corrected chi connectivity index (χ1v) is 8.26. The zero-order valence-corrected chi connectivity index (χ0v) is 14.3. The van der Waals surface area contributed by atoms with Gasteiger partial charge in [0.05, 0.1) is 0 Å². The number of benzene rings is 1. The maximum absolute atomic E-state index is 12.7. The van der Waals surface area contributed by atoms with Crippen LogP contribution in [0.4, 0.5) is 0 Å². The van der Waals surface area contributed by atoms with Gasteiger partial charge < -0.3 is 14.9 Å². The first kappa shape index (κ1) is 17.0. The van der Waals surface area contributed by atoms with Gasteiger partial charge in [0.1, 0.15) is 11.8 Å². The molecule has 1 aliphatic rings. The lowest BCUT2D eigenvalue weighted by Gasteiger charge is -2.39. The van der Waals surface area contributed by atoms with E-state index in [4.69, 9.17) is 0 Å². The zero-order chi connectivity index (χ0) is 18.0. The van der Waals surface area contributed by atoms with Crippen molar-refractivity contribution >= 4 is 11.8 Å². The number of aromatic hydroxyl groups is 1. The molecular formula is C19H21N3O3. The van der Waals surface area contributed by atoms with Gasteiger partial charge in [0.25, 0.3) is 5.91 Å². The molecule has 1 aliphatic heterocycles. The molecule has 1 atom stereocenters. The smallest absolute Gasteiger partial charge is 0.277 e. The fraction of sp³-hybridized carbons (Fsp3) is 0.316. The highest BCUT2D eigenvalue weighted by atomic mass is 16.3. The minimum Gasteiger partial charge on any atom is -0.505 e. The van der Waals surface area contributed by atoms with Crippen molar-refractivity contribution in [2.75, 3.05) is 13.1 Å². The molecule has 2 aromatic rings. The Balaban J connectivity index is 1.73. The van der Waals surface area contributed by atoms with Crippen molar-refractivity contribution in [2.45, 2.75) is 26.4 Å². The summed E-state index contributed by atoms with van der Waals surface area (Å²) in [5.41, 5.74) is 2.20. The van der Waals surface area contributed by atoms with Gasteiger partial charge in [-0.25, -0.2) is 4.98 Å². The molecular weight excluding hydrogens is 318 g/mol. The van der Waals surface area contributed by atoms with Crippen LogP contribution in [0, 0.1) is 6.92 Å². The fourth-order valence-electron chi connectivity index (χ4n) is 3.09. The van der Waals surface area contributed by atoms with Crippen LogP contribution in [-0.4, -0.2) is 50.8 Å². The van der Waals surface area contributed by atoms with Crippen LogP contribution in [0.5, 0.6) is 5.75 Å². The van der Waals surface area contributed by atoms with Gasteiger partial charge in [-0.05, 0) is 31.5 Å². The molecule has 0 spiro atoms. The summed E-state index contributed by atoms with van der Waals surface area (Å²) in [5, 5.41) is 9.83. The van der Waals surface area contributed by atoms with Crippen LogP contribution in [-0.2, 0) is 11.3 Å². The first-order chi connectivity index (χ1) is 12.0. The monoisotopic (exact) mass is 339 g/mol. The molecule has 3 rings (SSSR count). The Labute approximate surface area is 146 Å². The molecule has 0 radical (unpaired) electrons. The van der Waals surface area contributed by atoms with E-state index >= 15 is 0 Å². The molecule has 25 heavy (non-hydrogen) atoms. The molecule has 1 fully saturated rings. The number of hydrogen-bond donors (Lipinski definition) is 1. The van der Waals surface area contributed by atoms with Crippen LogP contribution in [0.25, 0.3) is 0 Å². The van der Waals surface area contributed by atoms with Crippen LogP contribution >= 0.6 is 0 Å². The Hall–Kier alpha value is -2.89. The average molecular weight is 339 g/mol. The molecule has 6 nitrogen and oxygen atoms in total. The Kier molecular flexibility index (Phi) is 4.70. The molecule has 6 heteroatoms.